The molecule has 6 heteroatoms. The van der Waals surface area contributed by atoms with Crippen LogP contribution < -0.4 is 11.2 Å². The van der Waals surface area contributed by atoms with Crippen LogP contribution in [0.15, 0.2) is 39.6 Å². The lowest BCUT2D eigenvalue weighted by Crippen LogP contribution is -2.09. The van der Waals surface area contributed by atoms with Gasteiger partial charge in [0.2, 0.25) is 11.1 Å². The van der Waals surface area contributed by atoms with Crippen molar-refractivity contribution < 1.29 is 14.3 Å². The van der Waals surface area contributed by atoms with Crippen LogP contribution in [0, 0.1) is 0 Å². The molecule has 0 saturated carbocycles. The van der Waals surface area contributed by atoms with Crippen molar-refractivity contribution in [1.29, 1.82) is 0 Å². The van der Waals surface area contributed by atoms with Crippen LogP contribution in [-0.2, 0) is 0 Å². The molecule has 0 saturated heterocycles. The third kappa shape index (κ3) is 2.55. The summed E-state index contributed by atoms with van der Waals surface area (Å²) in [4.78, 5) is 28.0. The van der Waals surface area contributed by atoms with Gasteiger partial charge in [-0.1, -0.05) is 12.1 Å². The second-order valence-electron chi connectivity index (χ2n) is 6.20. The number of benzene rings is 1. The fraction of sp³-hybridized carbons (Fsp3) is 0.211. The first-order valence-electron chi connectivity index (χ1n) is 8.14. The van der Waals surface area contributed by atoms with Gasteiger partial charge in [0, 0.05) is 0 Å². The Morgan fingerprint density at radius 1 is 1.20 bits per heavy atom. The Kier molecular flexibility index (Phi) is 3.53. The normalized spacial score (nSPS) is 14.6. The van der Waals surface area contributed by atoms with Crippen molar-refractivity contribution in [3.8, 4) is 0 Å². The number of anilines is 1. The van der Waals surface area contributed by atoms with Crippen LogP contribution >= 0.6 is 0 Å². The third-order valence-electron chi connectivity index (χ3n) is 4.58. The number of aromatic nitrogens is 1. The van der Waals surface area contributed by atoms with Gasteiger partial charge >= 0.3 is 5.97 Å². The molecule has 0 atom stereocenters. The summed E-state index contributed by atoms with van der Waals surface area (Å²) in [6.07, 6.45) is 6.57. The molecule has 0 fully saturated rings. The lowest BCUT2D eigenvalue weighted by Gasteiger charge is -2.13. The van der Waals surface area contributed by atoms with Gasteiger partial charge in [-0.05, 0) is 55.0 Å². The minimum atomic E-state index is -1.23. The number of carboxylic acids is 1. The molecule has 0 aliphatic heterocycles. The number of hydrogen-bond acceptors (Lipinski definition) is 5. The molecule has 0 unspecified atom stereocenters. The van der Waals surface area contributed by atoms with E-state index < -0.39 is 5.97 Å². The van der Waals surface area contributed by atoms with E-state index in [-0.39, 0.29) is 27.9 Å². The summed E-state index contributed by atoms with van der Waals surface area (Å²) in [5, 5.41) is 9.72. The SMILES string of the molecule is Nc1nc2oc3ccc(C4=CCCCC4)cc3c(=O)c2cc1C(=O)O. The Labute approximate surface area is 142 Å². The van der Waals surface area contributed by atoms with Gasteiger partial charge in [0.15, 0.2) is 0 Å². The van der Waals surface area contributed by atoms with Gasteiger partial charge in [0.25, 0.3) is 0 Å². The topological polar surface area (TPSA) is 106 Å². The van der Waals surface area contributed by atoms with Gasteiger partial charge in [-0.15, -0.1) is 0 Å². The van der Waals surface area contributed by atoms with Crippen molar-refractivity contribution in [2.45, 2.75) is 25.7 Å². The van der Waals surface area contributed by atoms with E-state index in [1.807, 2.05) is 12.1 Å². The highest BCUT2D eigenvalue weighted by atomic mass is 16.4. The van der Waals surface area contributed by atoms with Crippen molar-refractivity contribution in [2.24, 2.45) is 0 Å². The molecule has 4 rings (SSSR count). The summed E-state index contributed by atoms with van der Waals surface area (Å²) in [7, 11) is 0. The molecule has 0 radical (unpaired) electrons. The second kappa shape index (κ2) is 5.73. The van der Waals surface area contributed by atoms with Crippen molar-refractivity contribution in [3.63, 3.8) is 0 Å². The molecule has 0 amide bonds. The number of carbonyl (C=O) groups is 1. The summed E-state index contributed by atoms with van der Waals surface area (Å²) in [6.45, 7) is 0. The number of allylic oxidation sites excluding steroid dienone is 2. The highest BCUT2D eigenvalue weighted by molar-refractivity contribution is 5.98. The maximum absolute atomic E-state index is 12.9. The van der Waals surface area contributed by atoms with Crippen LogP contribution in [-0.4, -0.2) is 16.1 Å². The molecule has 6 nitrogen and oxygen atoms in total. The van der Waals surface area contributed by atoms with Crippen molar-refractivity contribution in [2.75, 3.05) is 5.73 Å². The molecule has 25 heavy (non-hydrogen) atoms. The molecule has 1 aliphatic carbocycles. The molecule has 126 valence electrons. The first kappa shape index (κ1) is 15.4. The number of hydrogen-bond donors (Lipinski definition) is 2. The average Bonchev–Trinajstić information content (AvgIpc) is 2.62. The van der Waals surface area contributed by atoms with Crippen molar-refractivity contribution in [3.05, 3.63) is 51.7 Å². The van der Waals surface area contributed by atoms with E-state index in [0.29, 0.717) is 11.0 Å². The summed E-state index contributed by atoms with van der Waals surface area (Å²) < 4.78 is 5.68. The van der Waals surface area contributed by atoms with Gasteiger partial charge < -0.3 is 15.3 Å². The smallest absolute Gasteiger partial charge is 0.339 e. The lowest BCUT2D eigenvalue weighted by atomic mass is 9.93. The number of pyridine rings is 1. The van der Waals surface area contributed by atoms with E-state index in [9.17, 15) is 14.7 Å². The Balaban J connectivity index is 1.98. The quantitative estimate of drug-likeness (QED) is 0.693. The summed E-state index contributed by atoms with van der Waals surface area (Å²) in [6, 6.07) is 6.74. The minimum absolute atomic E-state index is 0.0460. The Bertz CT molecular complexity index is 1110. The fourth-order valence-electron chi connectivity index (χ4n) is 3.27. The molecule has 3 N–H and O–H groups in total. The monoisotopic (exact) mass is 336 g/mol. The number of carboxylic acid groups (broad SMARTS) is 1. The van der Waals surface area contributed by atoms with Gasteiger partial charge in [-0.2, -0.15) is 4.98 Å². The van der Waals surface area contributed by atoms with E-state index in [4.69, 9.17) is 10.2 Å². The van der Waals surface area contributed by atoms with Crippen molar-refractivity contribution in [1.82, 2.24) is 4.98 Å². The van der Waals surface area contributed by atoms with Gasteiger partial charge in [-0.3, -0.25) is 4.79 Å². The molecule has 3 aromatic rings. The third-order valence-corrected chi connectivity index (χ3v) is 4.58. The number of aromatic carboxylic acids is 1. The Hall–Kier alpha value is -3.15. The first-order valence-corrected chi connectivity index (χ1v) is 8.14. The van der Waals surface area contributed by atoms with E-state index in [2.05, 4.69) is 11.1 Å². The van der Waals surface area contributed by atoms with Crippen LogP contribution in [0.4, 0.5) is 5.82 Å². The zero-order valence-electron chi connectivity index (χ0n) is 13.4. The maximum Gasteiger partial charge on any atom is 0.339 e. The largest absolute Gasteiger partial charge is 0.478 e. The minimum Gasteiger partial charge on any atom is -0.478 e. The van der Waals surface area contributed by atoms with E-state index in [1.54, 1.807) is 6.07 Å². The highest BCUT2D eigenvalue weighted by Crippen LogP contribution is 2.29. The zero-order valence-corrected chi connectivity index (χ0v) is 13.4. The number of rotatable bonds is 2. The van der Waals surface area contributed by atoms with Gasteiger partial charge in [-0.25, -0.2) is 4.79 Å². The molecule has 1 aromatic carbocycles. The van der Waals surface area contributed by atoms with Crippen LogP contribution in [0.5, 0.6) is 0 Å². The number of fused-ring (bicyclic) bond motifs is 2. The number of nitrogen functional groups attached to an aromatic ring is 1. The summed E-state index contributed by atoms with van der Waals surface area (Å²) in [5.41, 5.74) is 7.82. The predicted molar refractivity (Wildman–Crippen MR) is 95.6 cm³/mol. The second-order valence-corrected chi connectivity index (χ2v) is 6.20. The van der Waals surface area contributed by atoms with Crippen LogP contribution in [0.25, 0.3) is 27.6 Å². The highest BCUT2D eigenvalue weighted by Gasteiger charge is 2.17. The van der Waals surface area contributed by atoms with Crippen LogP contribution in [0.3, 0.4) is 0 Å². The van der Waals surface area contributed by atoms with Gasteiger partial charge in [0.1, 0.15) is 17.0 Å². The molecule has 2 heterocycles. The molecule has 0 spiro atoms. The van der Waals surface area contributed by atoms with E-state index in [1.165, 1.54) is 18.1 Å². The maximum atomic E-state index is 12.9. The predicted octanol–water partition coefficient (Wildman–Crippen LogP) is 3.58. The fourth-order valence-corrected chi connectivity index (χ4v) is 3.27. The molecule has 0 bridgehead atoms. The van der Waals surface area contributed by atoms with Crippen molar-refractivity contribution >= 4 is 39.4 Å². The number of nitrogens with zero attached hydrogens (tertiary/aromatic N) is 1. The number of nitrogens with two attached hydrogens (primary N) is 1. The molecular weight excluding hydrogens is 320 g/mol. The van der Waals surface area contributed by atoms with E-state index >= 15 is 0 Å². The average molecular weight is 336 g/mol. The Morgan fingerprint density at radius 3 is 2.76 bits per heavy atom. The standard InChI is InChI=1S/C19H16N2O4/c20-17-14(19(23)24)9-13-16(22)12-8-11(10-4-2-1-3-5-10)6-7-15(12)25-18(13)21-17/h4,6-9H,1-3,5H2,(H2,20,21)(H,23,24). The summed E-state index contributed by atoms with van der Waals surface area (Å²) >= 11 is 0. The summed E-state index contributed by atoms with van der Waals surface area (Å²) in [5.74, 6) is -1.40. The van der Waals surface area contributed by atoms with Crippen LogP contribution in [0.2, 0.25) is 0 Å². The van der Waals surface area contributed by atoms with Crippen LogP contribution in [0.1, 0.15) is 41.6 Å². The Morgan fingerprint density at radius 2 is 2.04 bits per heavy atom. The molecule has 2 aromatic heterocycles. The molecule has 1 aliphatic rings. The lowest BCUT2D eigenvalue weighted by molar-refractivity contribution is 0.0698. The van der Waals surface area contributed by atoms with Gasteiger partial charge in [0.05, 0.1) is 10.8 Å². The first-order chi connectivity index (χ1) is 12.0. The molecular formula is C19H16N2O4. The zero-order chi connectivity index (χ0) is 17.6. The van der Waals surface area contributed by atoms with E-state index in [0.717, 1.165) is 24.8 Å².